The number of rotatable bonds is 4. The molecule has 2 aliphatic heterocycles. The number of fused-ring (bicyclic) bond motifs is 1. The Bertz CT molecular complexity index is 794. The first kappa shape index (κ1) is 17.9. The van der Waals surface area contributed by atoms with E-state index in [4.69, 9.17) is 9.47 Å². The average molecular weight is 365 g/mol. The summed E-state index contributed by atoms with van der Waals surface area (Å²) in [6.07, 6.45) is 5.42. The van der Waals surface area contributed by atoms with Gasteiger partial charge in [0.25, 0.3) is 5.91 Å². The second-order valence-electron chi connectivity index (χ2n) is 7.58. The summed E-state index contributed by atoms with van der Waals surface area (Å²) in [7, 11) is 1.68. The second-order valence-corrected chi connectivity index (χ2v) is 7.58. The molecule has 0 saturated carbocycles. The third-order valence-corrected chi connectivity index (χ3v) is 5.62. The third kappa shape index (κ3) is 3.95. The van der Waals surface area contributed by atoms with Crippen molar-refractivity contribution in [2.75, 3.05) is 26.8 Å². The van der Waals surface area contributed by atoms with Crippen LogP contribution >= 0.6 is 0 Å². The largest absolute Gasteiger partial charge is 0.493 e. The number of carbonyl (C=O) groups excluding carboxylic acids is 1. The molecule has 0 unspecified atom stereocenters. The molecule has 142 valence electrons. The third-order valence-electron chi connectivity index (χ3n) is 5.62. The van der Waals surface area contributed by atoms with E-state index in [1.807, 2.05) is 29.2 Å². The molecule has 27 heavy (non-hydrogen) atoms. The number of para-hydroxylation sites is 1. The van der Waals surface area contributed by atoms with E-state index in [0.717, 1.165) is 55.8 Å². The molecule has 2 heterocycles. The maximum atomic E-state index is 12.6. The maximum Gasteiger partial charge on any atom is 0.253 e. The highest BCUT2D eigenvalue weighted by molar-refractivity contribution is 5.94. The number of hydrogen-bond donors (Lipinski definition) is 0. The van der Waals surface area contributed by atoms with E-state index in [9.17, 15) is 4.79 Å². The van der Waals surface area contributed by atoms with Crippen molar-refractivity contribution in [2.45, 2.75) is 32.1 Å². The van der Waals surface area contributed by atoms with E-state index in [2.05, 4.69) is 18.2 Å². The zero-order valence-electron chi connectivity index (χ0n) is 15.9. The topological polar surface area (TPSA) is 38.8 Å². The van der Waals surface area contributed by atoms with Crippen molar-refractivity contribution in [2.24, 2.45) is 5.92 Å². The van der Waals surface area contributed by atoms with Gasteiger partial charge in [0.05, 0.1) is 13.7 Å². The minimum Gasteiger partial charge on any atom is -0.493 e. The van der Waals surface area contributed by atoms with Crippen LogP contribution in [-0.2, 0) is 12.8 Å². The van der Waals surface area contributed by atoms with Crippen LogP contribution in [0.25, 0.3) is 0 Å². The van der Waals surface area contributed by atoms with Crippen LogP contribution in [0.4, 0.5) is 0 Å². The Morgan fingerprint density at radius 2 is 1.89 bits per heavy atom. The summed E-state index contributed by atoms with van der Waals surface area (Å²) >= 11 is 0. The molecular weight excluding hydrogens is 338 g/mol. The van der Waals surface area contributed by atoms with Crippen molar-refractivity contribution in [1.82, 2.24) is 4.90 Å². The lowest BCUT2D eigenvalue weighted by atomic mass is 9.90. The van der Waals surface area contributed by atoms with Gasteiger partial charge in [-0.3, -0.25) is 4.79 Å². The molecule has 1 atom stereocenters. The van der Waals surface area contributed by atoms with Gasteiger partial charge in [0.1, 0.15) is 0 Å². The molecule has 4 rings (SSSR count). The van der Waals surface area contributed by atoms with Crippen LogP contribution in [0, 0.1) is 5.92 Å². The smallest absolute Gasteiger partial charge is 0.253 e. The zero-order chi connectivity index (χ0) is 18.6. The van der Waals surface area contributed by atoms with E-state index < -0.39 is 0 Å². The average Bonchev–Trinajstić information content (AvgIpc) is 2.74. The van der Waals surface area contributed by atoms with Gasteiger partial charge in [-0.25, -0.2) is 0 Å². The number of nitrogens with zero attached hydrogens (tertiary/aromatic N) is 1. The monoisotopic (exact) mass is 365 g/mol. The Morgan fingerprint density at radius 3 is 2.63 bits per heavy atom. The molecule has 2 aromatic carbocycles. The summed E-state index contributed by atoms with van der Waals surface area (Å²) in [5.41, 5.74) is 3.27. The Balaban J connectivity index is 1.39. The first-order valence-electron chi connectivity index (χ1n) is 9.91. The highest BCUT2D eigenvalue weighted by Crippen LogP contribution is 2.36. The highest BCUT2D eigenvalue weighted by atomic mass is 16.5. The molecule has 2 aliphatic rings. The van der Waals surface area contributed by atoms with E-state index in [1.54, 1.807) is 7.11 Å². The maximum absolute atomic E-state index is 12.6. The Hall–Kier alpha value is -2.49. The number of piperidine rings is 1. The van der Waals surface area contributed by atoms with Crippen molar-refractivity contribution in [3.63, 3.8) is 0 Å². The quantitative estimate of drug-likeness (QED) is 0.818. The number of ether oxygens (including phenoxy) is 2. The minimum atomic E-state index is 0.170. The normalized spacial score (nSPS) is 19.1. The van der Waals surface area contributed by atoms with E-state index in [1.165, 1.54) is 17.5 Å². The molecule has 0 aromatic heterocycles. The molecular formula is C23H27NO3. The fraction of sp³-hybridized carbons (Fsp3) is 0.435. The summed E-state index contributed by atoms with van der Waals surface area (Å²) in [4.78, 5) is 14.6. The molecule has 2 aromatic rings. The van der Waals surface area contributed by atoms with Crippen molar-refractivity contribution in [3.8, 4) is 11.5 Å². The van der Waals surface area contributed by atoms with Crippen molar-refractivity contribution >= 4 is 5.91 Å². The van der Waals surface area contributed by atoms with Gasteiger partial charge in [0, 0.05) is 24.6 Å². The minimum absolute atomic E-state index is 0.170. The molecule has 0 radical (unpaired) electrons. The zero-order valence-corrected chi connectivity index (χ0v) is 15.9. The molecule has 1 saturated heterocycles. The number of amides is 1. The van der Waals surface area contributed by atoms with Crippen LogP contribution in [0.2, 0.25) is 0 Å². The van der Waals surface area contributed by atoms with Crippen molar-refractivity contribution in [3.05, 3.63) is 59.2 Å². The predicted octanol–water partition coefficient (Wildman–Crippen LogP) is 4.12. The molecule has 0 aliphatic carbocycles. The van der Waals surface area contributed by atoms with Crippen LogP contribution in [0.15, 0.2) is 42.5 Å². The molecule has 0 N–H and O–H groups in total. The Kier molecular flexibility index (Phi) is 5.33. The molecule has 1 fully saturated rings. The summed E-state index contributed by atoms with van der Waals surface area (Å²) in [5.74, 6) is 2.31. The van der Waals surface area contributed by atoms with Gasteiger partial charge in [-0.1, -0.05) is 24.3 Å². The Morgan fingerprint density at radius 1 is 1.11 bits per heavy atom. The summed E-state index contributed by atoms with van der Waals surface area (Å²) < 4.78 is 11.4. The molecule has 4 nitrogen and oxygen atoms in total. The van der Waals surface area contributed by atoms with Crippen LogP contribution in [0.3, 0.4) is 0 Å². The number of benzene rings is 2. The first-order valence-corrected chi connectivity index (χ1v) is 9.91. The van der Waals surface area contributed by atoms with Gasteiger partial charge in [0.2, 0.25) is 0 Å². The lowest BCUT2D eigenvalue weighted by Crippen LogP contribution is -2.35. The number of methoxy groups -OCH3 is 1. The SMILES string of the molecule is COc1cccc2c1OC[C@H](Cc1ccc(C(=O)N3CCCCC3)cc1)C2. The molecule has 0 spiro atoms. The Labute approximate surface area is 161 Å². The lowest BCUT2D eigenvalue weighted by molar-refractivity contribution is 0.0724. The summed E-state index contributed by atoms with van der Waals surface area (Å²) in [6.45, 7) is 2.48. The standard InChI is InChI=1S/C23H27NO3/c1-26-21-7-5-6-20-15-18(16-27-22(20)21)14-17-8-10-19(11-9-17)23(25)24-12-3-2-4-13-24/h5-11,18H,2-4,12-16H2,1H3/t18-/m1/s1. The van der Waals surface area contributed by atoms with Gasteiger partial charge in [0.15, 0.2) is 11.5 Å². The van der Waals surface area contributed by atoms with Gasteiger partial charge < -0.3 is 14.4 Å². The summed E-state index contributed by atoms with van der Waals surface area (Å²) in [6, 6.07) is 14.2. The van der Waals surface area contributed by atoms with Crippen LogP contribution in [0.1, 0.15) is 40.7 Å². The van der Waals surface area contributed by atoms with Gasteiger partial charge in [-0.05, 0) is 61.4 Å². The van der Waals surface area contributed by atoms with Gasteiger partial charge in [-0.15, -0.1) is 0 Å². The molecule has 0 bridgehead atoms. The van der Waals surface area contributed by atoms with E-state index >= 15 is 0 Å². The second kappa shape index (κ2) is 8.03. The van der Waals surface area contributed by atoms with Gasteiger partial charge >= 0.3 is 0 Å². The van der Waals surface area contributed by atoms with Crippen LogP contribution in [0.5, 0.6) is 11.5 Å². The van der Waals surface area contributed by atoms with Crippen LogP contribution < -0.4 is 9.47 Å². The summed E-state index contributed by atoms with van der Waals surface area (Å²) in [5, 5.41) is 0. The first-order chi connectivity index (χ1) is 13.2. The molecule has 4 heteroatoms. The van der Waals surface area contributed by atoms with Crippen LogP contribution in [-0.4, -0.2) is 37.6 Å². The number of likely N-dealkylation sites (tertiary alicyclic amines) is 1. The lowest BCUT2D eigenvalue weighted by Gasteiger charge is -2.27. The fourth-order valence-electron chi connectivity index (χ4n) is 4.15. The molecule has 1 amide bonds. The van der Waals surface area contributed by atoms with E-state index in [0.29, 0.717) is 12.5 Å². The fourth-order valence-corrected chi connectivity index (χ4v) is 4.15. The van der Waals surface area contributed by atoms with E-state index in [-0.39, 0.29) is 5.91 Å². The number of hydrogen-bond acceptors (Lipinski definition) is 3. The van der Waals surface area contributed by atoms with Gasteiger partial charge in [-0.2, -0.15) is 0 Å². The highest BCUT2D eigenvalue weighted by Gasteiger charge is 2.23. The predicted molar refractivity (Wildman–Crippen MR) is 106 cm³/mol. The van der Waals surface area contributed by atoms with Crippen molar-refractivity contribution < 1.29 is 14.3 Å². The van der Waals surface area contributed by atoms with Crippen molar-refractivity contribution in [1.29, 1.82) is 0 Å². The number of carbonyl (C=O) groups is 1.